The van der Waals surface area contributed by atoms with E-state index in [1.165, 1.54) is 13.8 Å². The van der Waals surface area contributed by atoms with Crippen LogP contribution in [0.4, 0.5) is 0 Å². The average Bonchev–Trinajstić information content (AvgIpc) is 2.10. The second-order valence-electron chi connectivity index (χ2n) is 3.06. The van der Waals surface area contributed by atoms with Crippen LogP contribution in [0, 0.1) is 19.1 Å². The minimum absolute atomic E-state index is 0.0231. The normalized spacial score (nSPS) is 10.0. The molecular formula is C9H9NO5. The molecule has 0 aliphatic heterocycles. The molecule has 0 aliphatic rings. The van der Waals surface area contributed by atoms with Crippen molar-refractivity contribution in [1.82, 2.24) is 0 Å². The van der Waals surface area contributed by atoms with Gasteiger partial charge in [-0.15, -0.1) is 0 Å². The van der Waals surface area contributed by atoms with Gasteiger partial charge < -0.3 is 15.4 Å². The first kappa shape index (κ1) is 11.0. The molecule has 0 saturated carbocycles. The Hall–Kier alpha value is -2.11. The van der Waals surface area contributed by atoms with Crippen molar-refractivity contribution in [2.75, 3.05) is 0 Å². The lowest BCUT2D eigenvalue weighted by molar-refractivity contribution is -0.612. The van der Waals surface area contributed by atoms with E-state index < -0.39 is 11.9 Å². The van der Waals surface area contributed by atoms with Crippen LogP contribution in [-0.2, 0) is 0 Å². The second kappa shape index (κ2) is 3.56. The van der Waals surface area contributed by atoms with E-state index in [0.717, 1.165) is 6.20 Å². The van der Waals surface area contributed by atoms with E-state index in [1.54, 1.807) is 0 Å². The van der Waals surface area contributed by atoms with Crippen molar-refractivity contribution in [3.05, 3.63) is 33.8 Å². The van der Waals surface area contributed by atoms with Crippen LogP contribution in [0.1, 0.15) is 32.0 Å². The molecule has 1 aromatic rings. The van der Waals surface area contributed by atoms with Gasteiger partial charge in [0.1, 0.15) is 11.1 Å². The SMILES string of the molecule is Cc1c(C(=O)O)c[n+]([O-])c(C)c1C(=O)O. The molecule has 0 saturated heterocycles. The van der Waals surface area contributed by atoms with Gasteiger partial charge in [-0.25, -0.2) is 9.59 Å². The van der Waals surface area contributed by atoms with Crippen LogP contribution in [-0.4, -0.2) is 22.2 Å². The Morgan fingerprint density at radius 3 is 2.20 bits per heavy atom. The quantitative estimate of drug-likeness (QED) is 0.542. The fourth-order valence-electron chi connectivity index (χ4n) is 1.36. The smallest absolute Gasteiger partial charge is 0.342 e. The van der Waals surface area contributed by atoms with Gasteiger partial charge in [-0.1, -0.05) is 0 Å². The Balaban J connectivity index is 3.63. The second-order valence-corrected chi connectivity index (χ2v) is 3.06. The molecule has 0 unspecified atom stereocenters. The average molecular weight is 211 g/mol. The molecule has 1 rings (SSSR count). The number of aromatic carboxylic acids is 2. The van der Waals surface area contributed by atoms with E-state index in [4.69, 9.17) is 10.2 Å². The first-order valence-corrected chi connectivity index (χ1v) is 4.06. The highest BCUT2D eigenvalue weighted by Gasteiger charge is 2.24. The summed E-state index contributed by atoms with van der Waals surface area (Å²) in [6.45, 7) is 2.69. The maximum absolute atomic E-state index is 11.2. The Kier molecular flexibility index (Phi) is 2.61. The van der Waals surface area contributed by atoms with Crippen molar-refractivity contribution in [3.8, 4) is 0 Å². The van der Waals surface area contributed by atoms with Gasteiger partial charge in [-0.2, -0.15) is 4.73 Å². The zero-order chi connectivity index (χ0) is 11.7. The molecule has 2 N–H and O–H groups in total. The Morgan fingerprint density at radius 2 is 1.80 bits per heavy atom. The number of carboxylic acids is 2. The van der Waals surface area contributed by atoms with Crippen molar-refractivity contribution in [1.29, 1.82) is 0 Å². The molecule has 1 heterocycles. The highest BCUT2D eigenvalue weighted by Crippen LogP contribution is 2.14. The highest BCUT2D eigenvalue weighted by atomic mass is 16.5. The van der Waals surface area contributed by atoms with Gasteiger partial charge in [0.15, 0.2) is 6.20 Å². The molecule has 0 radical (unpaired) electrons. The predicted octanol–water partition coefficient (Wildman–Crippen LogP) is 0.333. The summed E-state index contributed by atoms with van der Waals surface area (Å²) in [7, 11) is 0. The van der Waals surface area contributed by atoms with Crippen molar-refractivity contribution >= 4 is 11.9 Å². The number of hydrogen-bond acceptors (Lipinski definition) is 3. The van der Waals surface area contributed by atoms with Crippen LogP contribution in [0.3, 0.4) is 0 Å². The number of carboxylic acid groups (broad SMARTS) is 2. The number of rotatable bonds is 2. The molecule has 1 aromatic heterocycles. The number of hydrogen-bond donors (Lipinski definition) is 2. The summed E-state index contributed by atoms with van der Waals surface area (Å²) < 4.78 is 0.250. The van der Waals surface area contributed by atoms with Crippen LogP contribution in [0.5, 0.6) is 0 Å². The topological polar surface area (TPSA) is 102 Å². The molecular weight excluding hydrogens is 202 g/mol. The number of aromatic nitrogens is 1. The third-order valence-electron chi connectivity index (χ3n) is 2.16. The molecule has 80 valence electrons. The third-order valence-corrected chi connectivity index (χ3v) is 2.16. The summed E-state index contributed by atoms with van der Waals surface area (Å²) >= 11 is 0. The van der Waals surface area contributed by atoms with Gasteiger partial charge in [0, 0.05) is 6.92 Å². The number of carbonyl (C=O) groups is 2. The van der Waals surface area contributed by atoms with E-state index in [0.29, 0.717) is 0 Å². The van der Waals surface area contributed by atoms with Crippen molar-refractivity contribution in [3.63, 3.8) is 0 Å². The molecule has 0 aromatic carbocycles. The van der Waals surface area contributed by atoms with E-state index in [2.05, 4.69) is 0 Å². The molecule has 6 heteroatoms. The van der Waals surface area contributed by atoms with E-state index in [9.17, 15) is 14.8 Å². The minimum atomic E-state index is -1.32. The minimum Gasteiger partial charge on any atom is -0.618 e. The molecule has 0 atom stereocenters. The van der Waals surface area contributed by atoms with Crippen LogP contribution in [0.2, 0.25) is 0 Å². The number of nitrogens with zero attached hydrogens (tertiary/aromatic N) is 1. The van der Waals surface area contributed by atoms with Gasteiger partial charge in [0.05, 0.1) is 0 Å². The summed E-state index contributed by atoms with van der Waals surface area (Å²) in [6.07, 6.45) is 0.861. The fraction of sp³-hybridized carbons (Fsp3) is 0.222. The first-order chi connectivity index (χ1) is 6.86. The lowest BCUT2D eigenvalue weighted by Crippen LogP contribution is -2.34. The van der Waals surface area contributed by atoms with Gasteiger partial charge in [-0.05, 0) is 12.5 Å². The van der Waals surface area contributed by atoms with Gasteiger partial charge >= 0.3 is 11.9 Å². The number of pyridine rings is 1. The van der Waals surface area contributed by atoms with E-state index in [-0.39, 0.29) is 27.1 Å². The van der Waals surface area contributed by atoms with Gasteiger partial charge in [0.2, 0.25) is 5.69 Å². The zero-order valence-electron chi connectivity index (χ0n) is 8.14. The lowest BCUT2D eigenvalue weighted by Gasteiger charge is -2.08. The molecule has 0 fully saturated rings. The third kappa shape index (κ3) is 1.74. The standard InChI is InChI=1S/C9H9NO5/c1-4-6(8(11)12)3-10(15)5(2)7(4)9(13)14/h3H,1-2H3,(H,11,12)(H,13,14). The van der Waals surface area contributed by atoms with Crippen LogP contribution < -0.4 is 4.73 Å². The van der Waals surface area contributed by atoms with Crippen LogP contribution in [0.15, 0.2) is 6.20 Å². The molecule has 0 aliphatic carbocycles. The van der Waals surface area contributed by atoms with Gasteiger partial charge in [0.25, 0.3) is 0 Å². The molecule has 0 spiro atoms. The summed E-state index contributed by atoms with van der Waals surface area (Å²) in [5.74, 6) is -2.63. The Bertz CT molecular complexity index is 452. The van der Waals surface area contributed by atoms with Crippen molar-refractivity contribution < 1.29 is 24.5 Å². The fourth-order valence-corrected chi connectivity index (χ4v) is 1.36. The van der Waals surface area contributed by atoms with Crippen molar-refractivity contribution in [2.45, 2.75) is 13.8 Å². The Morgan fingerprint density at radius 1 is 1.27 bits per heavy atom. The summed E-state index contributed by atoms with van der Waals surface area (Å²) in [6, 6.07) is 0. The summed E-state index contributed by atoms with van der Waals surface area (Å²) in [4.78, 5) is 21.5. The molecule has 15 heavy (non-hydrogen) atoms. The van der Waals surface area contributed by atoms with Gasteiger partial charge in [-0.3, -0.25) is 0 Å². The first-order valence-electron chi connectivity index (χ1n) is 4.06. The molecule has 0 bridgehead atoms. The largest absolute Gasteiger partial charge is 0.618 e. The lowest BCUT2D eigenvalue weighted by atomic mass is 10.0. The predicted molar refractivity (Wildman–Crippen MR) is 48.8 cm³/mol. The molecule has 0 amide bonds. The maximum Gasteiger partial charge on any atom is 0.342 e. The molecule has 6 nitrogen and oxygen atoms in total. The van der Waals surface area contributed by atoms with Crippen LogP contribution in [0.25, 0.3) is 0 Å². The zero-order valence-corrected chi connectivity index (χ0v) is 8.14. The Labute approximate surface area is 85.0 Å². The summed E-state index contributed by atoms with van der Waals surface area (Å²) in [5, 5.41) is 28.8. The highest BCUT2D eigenvalue weighted by molar-refractivity contribution is 5.96. The monoisotopic (exact) mass is 211 g/mol. The van der Waals surface area contributed by atoms with Crippen LogP contribution >= 0.6 is 0 Å². The van der Waals surface area contributed by atoms with E-state index >= 15 is 0 Å². The van der Waals surface area contributed by atoms with Crippen molar-refractivity contribution in [2.24, 2.45) is 0 Å². The maximum atomic E-state index is 11.2. The summed E-state index contributed by atoms with van der Waals surface area (Å²) in [5.41, 5.74) is -0.498. The van der Waals surface area contributed by atoms with E-state index in [1.807, 2.05) is 0 Å².